The molecule has 0 aliphatic carbocycles. The predicted octanol–water partition coefficient (Wildman–Crippen LogP) is 3.40. The monoisotopic (exact) mass is 269 g/mol. The van der Waals surface area contributed by atoms with Gasteiger partial charge in [0.1, 0.15) is 5.75 Å². The Kier molecular flexibility index (Phi) is 4.09. The van der Waals surface area contributed by atoms with Gasteiger partial charge in [0.15, 0.2) is 0 Å². The first-order valence-corrected chi connectivity index (χ1v) is 6.68. The third kappa shape index (κ3) is 3.06. The van der Waals surface area contributed by atoms with Crippen LogP contribution in [0.4, 0.5) is 8.78 Å². The van der Waals surface area contributed by atoms with Gasteiger partial charge in [0.25, 0.3) is 5.92 Å². The lowest BCUT2D eigenvalue weighted by Crippen LogP contribution is -2.22. The molecular formula is C15H21F2NO. The fourth-order valence-corrected chi connectivity index (χ4v) is 2.91. The van der Waals surface area contributed by atoms with Crippen LogP contribution in [0.2, 0.25) is 0 Å². The van der Waals surface area contributed by atoms with E-state index < -0.39 is 5.92 Å². The lowest BCUT2D eigenvalue weighted by atomic mass is 9.91. The summed E-state index contributed by atoms with van der Waals surface area (Å²) in [4.78, 5) is 0. The Balaban J connectivity index is 2.32. The van der Waals surface area contributed by atoms with Gasteiger partial charge in [0, 0.05) is 6.42 Å². The molecule has 1 saturated heterocycles. The quantitative estimate of drug-likeness (QED) is 0.904. The second-order valence-electron chi connectivity index (χ2n) is 5.43. The standard InChI is InChI=1S/C15H21F2NO/c1-10-6-11(2)14(13(7-10)19-3)15(16,17)8-12-4-5-18-9-12/h6-7,12,18H,4-5,8-9H2,1-3H3. The maximum Gasteiger partial charge on any atom is 0.277 e. The number of hydrogen-bond acceptors (Lipinski definition) is 2. The van der Waals surface area contributed by atoms with E-state index in [1.807, 2.05) is 6.92 Å². The Morgan fingerprint density at radius 3 is 2.68 bits per heavy atom. The summed E-state index contributed by atoms with van der Waals surface area (Å²) in [6.45, 7) is 5.14. The molecule has 1 fully saturated rings. The second-order valence-corrected chi connectivity index (χ2v) is 5.43. The van der Waals surface area contributed by atoms with Crippen LogP contribution in [0.5, 0.6) is 5.75 Å². The Hall–Kier alpha value is -1.16. The van der Waals surface area contributed by atoms with Gasteiger partial charge < -0.3 is 10.1 Å². The summed E-state index contributed by atoms with van der Waals surface area (Å²) in [7, 11) is 1.45. The molecule has 1 unspecified atom stereocenters. The average Bonchev–Trinajstić information content (AvgIpc) is 2.79. The fourth-order valence-electron chi connectivity index (χ4n) is 2.91. The Bertz CT molecular complexity index is 454. The van der Waals surface area contributed by atoms with Crippen molar-refractivity contribution in [2.24, 2.45) is 5.92 Å². The maximum absolute atomic E-state index is 14.5. The molecule has 0 aromatic heterocycles. The topological polar surface area (TPSA) is 21.3 Å². The molecule has 0 spiro atoms. The first-order chi connectivity index (χ1) is 8.94. The van der Waals surface area contributed by atoms with Crippen molar-refractivity contribution < 1.29 is 13.5 Å². The minimum absolute atomic E-state index is 0.0420. The first-order valence-electron chi connectivity index (χ1n) is 6.68. The van der Waals surface area contributed by atoms with Crippen LogP contribution >= 0.6 is 0 Å². The highest BCUT2D eigenvalue weighted by molar-refractivity contribution is 5.45. The third-order valence-electron chi connectivity index (χ3n) is 3.74. The van der Waals surface area contributed by atoms with E-state index in [1.165, 1.54) is 7.11 Å². The van der Waals surface area contributed by atoms with Crippen LogP contribution in [-0.2, 0) is 5.92 Å². The largest absolute Gasteiger partial charge is 0.496 e. The molecule has 2 rings (SSSR count). The van der Waals surface area contributed by atoms with Crippen LogP contribution in [0.3, 0.4) is 0 Å². The van der Waals surface area contributed by atoms with E-state index in [2.05, 4.69) is 5.32 Å². The average molecular weight is 269 g/mol. The van der Waals surface area contributed by atoms with E-state index in [0.717, 1.165) is 18.5 Å². The molecule has 0 radical (unpaired) electrons. The zero-order valence-electron chi connectivity index (χ0n) is 11.7. The Morgan fingerprint density at radius 2 is 2.11 bits per heavy atom. The third-order valence-corrected chi connectivity index (χ3v) is 3.74. The molecule has 19 heavy (non-hydrogen) atoms. The van der Waals surface area contributed by atoms with Gasteiger partial charge in [0.2, 0.25) is 0 Å². The number of hydrogen-bond donors (Lipinski definition) is 1. The lowest BCUT2D eigenvalue weighted by Gasteiger charge is -2.24. The summed E-state index contributed by atoms with van der Waals surface area (Å²) in [5.74, 6) is -2.49. The second kappa shape index (κ2) is 5.45. The van der Waals surface area contributed by atoms with Crippen LogP contribution in [0.15, 0.2) is 12.1 Å². The highest BCUT2D eigenvalue weighted by Gasteiger charge is 2.39. The fraction of sp³-hybridized carbons (Fsp3) is 0.600. The Morgan fingerprint density at radius 1 is 1.37 bits per heavy atom. The normalized spacial score (nSPS) is 19.7. The van der Waals surface area contributed by atoms with Crippen LogP contribution in [-0.4, -0.2) is 20.2 Å². The van der Waals surface area contributed by atoms with Crippen LogP contribution < -0.4 is 10.1 Å². The molecule has 1 aromatic rings. The SMILES string of the molecule is COc1cc(C)cc(C)c1C(F)(F)CC1CCNC1. The number of methoxy groups -OCH3 is 1. The summed E-state index contributed by atoms with van der Waals surface area (Å²) < 4.78 is 34.2. The van der Waals surface area contributed by atoms with E-state index in [1.54, 1.807) is 19.1 Å². The van der Waals surface area contributed by atoms with Crippen molar-refractivity contribution in [2.75, 3.05) is 20.2 Å². The van der Waals surface area contributed by atoms with Gasteiger partial charge in [-0.15, -0.1) is 0 Å². The molecule has 0 bridgehead atoms. The molecule has 1 heterocycles. The highest BCUT2D eigenvalue weighted by Crippen LogP contribution is 2.43. The van der Waals surface area contributed by atoms with Gasteiger partial charge in [-0.25, -0.2) is 8.78 Å². The van der Waals surface area contributed by atoms with Crippen LogP contribution in [0.1, 0.15) is 29.5 Å². The number of ether oxygens (including phenoxy) is 1. The van der Waals surface area contributed by atoms with Crippen molar-refractivity contribution in [3.8, 4) is 5.75 Å². The molecule has 1 aromatic carbocycles. The molecular weight excluding hydrogens is 248 g/mol. The van der Waals surface area contributed by atoms with Crippen molar-refractivity contribution >= 4 is 0 Å². The number of halogens is 2. The number of alkyl halides is 2. The summed E-state index contributed by atoms with van der Waals surface area (Å²) in [6.07, 6.45) is 0.711. The van der Waals surface area contributed by atoms with Crippen LogP contribution in [0, 0.1) is 19.8 Å². The van der Waals surface area contributed by atoms with E-state index in [0.29, 0.717) is 17.9 Å². The van der Waals surface area contributed by atoms with Crippen molar-refractivity contribution in [3.05, 3.63) is 28.8 Å². The van der Waals surface area contributed by atoms with Crippen molar-refractivity contribution in [3.63, 3.8) is 0 Å². The van der Waals surface area contributed by atoms with E-state index in [9.17, 15) is 8.78 Å². The van der Waals surface area contributed by atoms with Crippen molar-refractivity contribution in [1.82, 2.24) is 5.32 Å². The highest BCUT2D eigenvalue weighted by atomic mass is 19.3. The van der Waals surface area contributed by atoms with Crippen molar-refractivity contribution in [1.29, 1.82) is 0 Å². The van der Waals surface area contributed by atoms with Gasteiger partial charge in [-0.05, 0) is 56.5 Å². The van der Waals surface area contributed by atoms with Gasteiger partial charge in [-0.2, -0.15) is 0 Å². The molecule has 1 aliphatic rings. The minimum Gasteiger partial charge on any atom is -0.496 e. The van der Waals surface area contributed by atoms with Gasteiger partial charge >= 0.3 is 0 Å². The summed E-state index contributed by atoms with van der Waals surface area (Å²) in [5.41, 5.74) is 1.59. The lowest BCUT2D eigenvalue weighted by molar-refractivity contribution is -0.0292. The molecule has 0 amide bonds. The molecule has 1 atom stereocenters. The first kappa shape index (κ1) is 14.3. The smallest absolute Gasteiger partial charge is 0.277 e. The van der Waals surface area contributed by atoms with E-state index >= 15 is 0 Å². The van der Waals surface area contributed by atoms with E-state index in [4.69, 9.17) is 4.74 Å². The number of rotatable bonds is 4. The summed E-state index contributed by atoms with van der Waals surface area (Å²) >= 11 is 0. The Labute approximate surface area is 113 Å². The van der Waals surface area contributed by atoms with Crippen LogP contribution in [0.25, 0.3) is 0 Å². The molecule has 0 saturated carbocycles. The maximum atomic E-state index is 14.5. The summed E-state index contributed by atoms with van der Waals surface area (Å²) in [5, 5.41) is 3.13. The van der Waals surface area contributed by atoms with Gasteiger partial charge in [0.05, 0.1) is 12.7 Å². The molecule has 4 heteroatoms. The zero-order valence-corrected chi connectivity index (χ0v) is 11.7. The number of benzene rings is 1. The predicted molar refractivity (Wildman–Crippen MR) is 72.0 cm³/mol. The number of aryl methyl sites for hydroxylation is 2. The summed E-state index contributed by atoms with van der Waals surface area (Å²) in [6, 6.07) is 3.47. The van der Waals surface area contributed by atoms with E-state index in [-0.39, 0.29) is 17.9 Å². The molecule has 2 nitrogen and oxygen atoms in total. The van der Waals surface area contributed by atoms with Gasteiger partial charge in [-0.1, -0.05) is 6.07 Å². The van der Waals surface area contributed by atoms with Gasteiger partial charge in [-0.3, -0.25) is 0 Å². The zero-order chi connectivity index (χ0) is 14.0. The number of nitrogens with one attached hydrogen (secondary N) is 1. The van der Waals surface area contributed by atoms with Crippen molar-refractivity contribution in [2.45, 2.75) is 32.6 Å². The molecule has 106 valence electrons. The molecule has 1 N–H and O–H groups in total. The minimum atomic E-state index is -2.83. The molecule has 1 aliphatic heterocycles.